The summed E-state index contributed by atoms with van der Waals surface area (Å²) in [6, 6.07) is -1.07. The monoisotopic (exact) mass is 282 g/mol. The Morgan fingerprint density at radius 3 is 2.40 bits per heavy atom. The second-order valence-corrected chi connectivity index (χ2v) is 6.39. The minimum absolute atomic E-state index is 0.0769. The van der Waals surface area contributed by atoms with Gasteiger partial charge in [0.25, 0.3) is 0 Å². The smallest absolute Gasteiger partial charge is 0.326 e. The van der Waals surface area contributed by atoms with Crippen LogP contribution in [0.25, 0.3) is 0 Å². The first-order chi connectivity index (χ1) is 9.56. The van der Waals surface area contributed by atoms with Crippen molar-refractivity contribution in [3.8, 4) is 0 Å². The second-order valence-electron chi connectivity index (χ2n) is 6.39. The van der Waals surface area contributed by atoms with Gasteiger partial charge < -0.3 is 15.7 Å². The molecule has 0 spiro atoms. The number of carbonyl (C=O) groups excluding carboxylic acids is 1. The molecule has 2 amide bonds. The van der Waals surface area contributed by atoms with Gasteiger partial charge in [-0.15, -0.1) is 0 Å². The van der Waals surface area contributed by atoms with Gasteiger partial charge in [0.2, 0.25) is 0 Å². The molecule has 0 heterocycles. The number of rotatable bonds is 6. The van der Waals surface area contributed by atoms with E-state index in [1.165, 1.54) is 6.42 Å². The zero-order valence-electron chi connectivity index (χ0n) is 12.3. The van der Waals surface area contributed by atoms with Gasteiger partial charge in [0.15, 0.2) is 0 Å². The molecule has 5 nitrogen and oxygen atoms in total. The molecule has 2 aliphatic carbocycles. The van der Waals surface area contributed by atoms with Crippen LogP contribution in [-0.2, 0) is 4.79 Å². The number of carboxylic acid groups (broad SMARTS) is 1. The normalized spacial score (nSPS) is 22.9. The minimum atomic E-state index is -0.913. The Balaban J connectivity index is 1.81. The van der Waals surface area contributed by atoms with Crippen molar-refractivity contribution >= 4 is 12.0 Å². The Morgan fingerprint density at radius 1 is 1.25 bits per heavy atom. The zero-order valence-corrected chi connectivity index (χ0v) is 12.3. The number of nitrogens with one attached hydrogen (secondary N) is 2. The summed E-state index contributed by atoms with van der Waals surface area (Å²) in [7, 11) is 0. The quantitative estimate of drug-likeness (QED) is 0.700. The van der Waals surface area contributed by atoms with E-state index in [-0.39, 0.29) is 17.4 Å². The van der Waals surface area contributed by atoms with E-state index in [9.17, 15) is 14.7 Å². The molecule has 0 aromatic carbocycles. The van der Waals surface area contributed by atoms with Crippen molar-refractivity contribution in [2.24, 2.45) is 11.3 Å². The number of amides is 2. The summed E-state index contributed by atoms with van der Waals surface area (Å²) in [6.45, 7) is 2.79. The molecule has 3 N–H and O–H groups in total. The van der Waals surface area contributed by atoms with Gasteiger partial charge in [-0.25, -0.2) is 9.59 Å². The van der Waals surface area contributed by atoms with Gasteiger partial charge in [0.1, 0.15) is 6.04 Å². The molecular formula is C15H26N2O3. The van der Waals surface area contributed by atoms with E-state index in [2.05, 4.69) is 17.6 Å². The molecule has 20 heavy (non-hydrogen) atoms. The van der Waals surface area contributed by atoms with E-state index < -0.39 is 12.0 Å². The van der Waals surface area contributed by atoms with Crippen LogP contribution in [0.4, 0.5) is 4.79 Å². The Bertz CT molecular complexity index is 360. The van der Waals surface area contributed by atoms with Gasteiger partial charge in [0, 0.05) is 6.54 Å². The molecule has 0 radical (unpaired) electrons. The highest BCUT2D eigenvalue weighted by Gasteiger charge is 2.41. The average molecular weight is 282 g/mol. The fraction of sp³-hybridized carbons (Fsp3) is 0.867. The molecule has 2 rings (SSSR count). The van der Waals surface area contributed by atoms with Crippen LogP contribution in [0.3, 0.4) is 0 Å². The molecule has 0 bridgehead atoms. The molecular weight excluding hydrogens is 256 g/mol. The highest BCUT2D eigenvalue weighted by Crippen LogP contribution is 2.47. The molecule has 0 aromatic heterocycles. The molecule has 114 valence electrons. The topological polar surface area (TPSA) is 78.4 Å². The summed E-state index contributed by atoms with van der Waals surface area (Å²) in [6.07, 6.45) is 8.50. The van der Waals surface area contributed by atoms with Crippen LogP contribution < -0.4 is 10.6 Å². The van der Waals surface area contributed by atoms with Crippen LogP contribution in [-0.4, -0.2) is 29.7 Å². The van der Waals surface area contributed by atoms with Crippen molar-refractivity contribution in [2.45, 2.75) is 64.3 Å². The molecule has 0 aliphatic heterocycles. The van der Waals surface area contributed by atoms with Crippen LogP contribution in [0.5, 0.6) is 0 Å². The maximum Gasteiger partial charge on any atom is 0.326 e. The number of aliphatic carboxylic acids is 1. The third kappa shape index (κ3) is 3.87. The lowest BCUT2D eigenvalue weighted by atomic mass is 9.84. The van der Waals surface area contributed by atoms with Crippen LogP contribution in [0.1, 0.15) is 58.3 Å². The van der Waals surface area contributed by atoms with Crippen molar-refractivity contribution in [1.29, 1.82) is 0 Å². The molecule has 0 aromatic rings. The van der Waals surface area contributed by atoms with E-state index in [4.69, 9.17) is 0 Å². The summed E-state index contributed by atoms with van der Waals surface area (Å²) in [4.78, 5) is 23.3. The van der Waals surface area contributed by atoms with Crippen molar-refractivity contribution in [3.63, 3.8) is 0 Å². The summed E-state index contributed by atoms with van der Waals surface area (Å²) in [5.74, 6) is -0.836. The molecule has 5 heteroatoms. The van der Waals surface area contributed by atoms with Gasteiger partial charge in [-0.3, -0.25) is 0 Å². The standard InChI is InChI=1S/C15H26N2O3/c1-2-15(8-9-15)10-16-14(20)17-12(13(18)19)11-6-4-3-5-7-11/h11-12H,2-10H2,1H3,(H,18,19)(H2,16,17,20). The van der Waals surface area contributed by atoms with E-state index in [1.807, 2.05) is 0 Å². The first-order valence-corrected chi connectivity index (χ1v) is 7.83. The fourth-order valence-corrected chi connectivity index (χ4v) is 3.14. The maximum atomic E-state index is 11.9. The van der Waals surface area contributed by atoms with E-state index in [1.54, 1.807) is 0 Å². The van der Waals surface area contributed by atoms with Crippen LogP contribution in [0.15, 0.2) is 0 Å². The largest absolute Gasteiger partial charge is 0.480 e. The predicted molar refractivity (Wildman–Crippen MR) is 76.5 cm³/mol. The number of carbonyl (C=O) groups is 2. The van der Waals surface area contributed by atoms with E-state index in [0.717, 1.165) is 44.9 Å². The number of hydrogen-bond acceptors (Lipinski definition) is 2. The van der Waals surface area contributed by atoms with Crippen molar-refractivity contribution in [2.75, 3.05) is 6.54 Å². The number of hydrogen-bond donors (Lipinski definition) is 3. The van der Waals surface area contributed by atoms with E-state index >= 15 is 0 Å². The lowest BCUT2D eigenvalue weighted by Crippen LogP contribution is -2.51. The Labute approximate surface area is 120 Å². The lowest BCUT2D eigenvalue weighted by Gasteiger charge is -2.28. The van der Waals surface area contributed by atoms with Gasteiger partial charge in [-0.1, -0.05) is 26.2 Å². The Kier molecular flexibility index (Phi) is 4.89. The second kappa shape index (κ2) is 6.46. The highest BCUT2D eigenvalue weighted by atomic mass is 16.4. The highest BCUT2D eigenvalue weighted by molar-refractivity contribution is 5.82. The molecule has 0 saturated heterocycles. The molecule has 1 unspecified atom stereocenters. The number of carboxylic acids is 1. The summed E-state index contributed by atoms with van der Waals surface area (Å²) in [5.41, 5.74) is 0.279. The third-order valence-corrected chi connectivity index (χ3v) is 5.00. The molecule has 2 fully saturated rings. The summed E-state index contributed by atoms with van der Waals surface area (Å²) in [5, 5.41) is 14.8. The van der Waals surface area contributed by atoms with Crippen molar-refractivity contribution in [1.82, 2.24) is 10.6 Å². The molecule has 2 saturated carbocycles. The average Bonchev–Trinajstić information content (AvgIpc) is 3.24. The number of urea groups is 1. The van der Waals surface area contributed by atoms with Gasteiger partial charge >= 0.3 is 12.0 Å². The van der Waals surface area contributed by atoms with Crippen LogP contribution in [0, 0.1) is 11.3 Å². The zero-order chi connectivity index (χ0) is 14.6. The lowest BCUT2D eigenvalue weighted by molar-refractivity contribution is -0.141. The fourth-order valence-electron chi connectivity index (χ4n) is 3.14. The Morgan fingerprint density at radius 2 is 1.90 bits per heavy atom. The first kappa shape index (κ1) is 15.1. The van der Waals surface area contributed by atoms with Crippen LogP contribution >= 0.6 is 0 Å². The van der Waals surface area contributed by atoms with E-state index in [0.29, 0.717) is 6.54 Å². The maximum absolute atomic E-state index is 11.9. The third-order valence-electron chi connectivity index (χ3n) is 5.00. The van der Waals surface area contributed by atoms with Crippen LogP contribution in [0.2, 0.25) is 0 Å². The first-order valence-electron chi connectivity index (χ1n) is 7.83. The van der Waals surface area contributed by atoms with Gasteiger partial charge in [-0.2, -0.15) is 0 Å². The van der Waals surface area contributed by atoms with Crippen molar-refractivity contribution in [3.05, 3.63) is 0 Å². The van der Waals surface area contributed by atoms with Gasteiger partial charge in [-0.05, 0) is 43.4 Å². The Hall–Kier alpha value is -1.26. The van der Waals surface area contributed by atoms with Gasteiger partial charge in [0.05, 0.1) is 0 Å². The summed E-state index contributed by atoms with van der Waals surface area (Å²) < 4.78 is 0. The minimum Gasteiger partial charge on any atom is -0.480 e. The molecule has 1 atom stereocenters. The SMILES string of the molecule is CCC1(CNC(=O)NC(C(=O)O)C2CCCCC2)CC1. The van der Waals surface area contributed by atoms with Crippen molar-refractivity contribution < 1.29 is 14.7 Å². The molecule has 2 aliphatic rings. The summed E-state index contributed by atoms with van der Waals surface area (Å²) >= 11 is 0. The predicted octanol–water partition coefficient (Wildman–Crippen LogP) is 2.51.